The molecule has 0 aliphatic carbocycles. The third-order valence-electron chi connectivity index (χ3n) is 0.303. The number of amides is 1. The van der Waals surface area contributed by atoms with Crippen LogP contribution in [0.5, 0.6) is 0 Å². The van der Waals surface area contributed by atoms with Crippen LogP contribution in [0.1, 0.15) is 0 Å². The number of nitrogens with one attached hydrogen (secondary N) is 1. The molecule has 0 aromatic carbocycles. The van der Waals surface area contributed by atoms with Crippen LogP contribution in [0.4, 0.5) is 4.79 Å². The molecule has 6 heavy (non-hydrogen) atoms. The molecule has 0 unspecified atom stereocenters. The number of hydrogen-bond acceptors (Lipinski definition) is 3. The molecule has 0 aromatic heterocycles. The summed E-state index contributed by atoms with van der Waals surface area (Å²) in [7, 11) is 1.24. The lowest BCUT2D eigenvalue weighted by Gasteiger charge is -1.91. The second-order valence-corrected chi connectivity index (χ2v) is 0.636. The highest BCUT2D eigenvalue weighted by molar-refractivity contribution is 6.04. The van der Waals surface area contributed by atoms with Gasteiger partial charge in [0.15, 0.2) is 0 Å². The predicted octanol–water partition coefficient (Wildman–Crippen LogP) is -1.87. The zero-order valence-electron chi connectivity index (χ0n) is 3.39. The fraction of sp³-hybridized carbons (Fsp3) is 0. The standard InChI is InChI=1S/CH5BN2O2/c2-6-1(5)4-3/h2-3H2,(H,4,5). The predicted molar refractivity (Wildman–Crippen MR) is 22.3 cm³/mol. The number of rotatable bonds is 0. The first-order chi connectivity index (χ1) is 2.81. The molecule has 0 aliphatic rings. The Morgan fingerprint density at radius 3 is 2.50 bits per heavy atom. The molecule has 3 N–H and O–H groups in total. The molecule has 0 radical (unpaired) electrons. The maximum atomic E-state index is 9.72. The number of nitrogens with two attached hydrogens (primary N) is 1. The third kappa shape index (κ3) is 1.60. The van der Waals surface area contributed by atoms with Crippen LogP contribution in [0, 0.1) is 0 Å². The Balaban J connectivity index is 2.99. The van der Waals surface area contributed by atoms with Crippen molar-refractivity contribution in [3.8, 4) is 0 Å². The Hall–Kier alpha value is -0.705. The van der Waals surface area contributed by atoms with E-state index < -0.39 is 6.09 Å². The van der Waals surface area contributed by atoms with Crippen molar-refractivity contribution in [3.63, 3.8) is 0 Å². The van der Waals surface area contributed by atoms with E-state index in [2.05, 4.69) is 10.5 Å². The zero-order chi connectivity index (χ0) is 4.99. The van der Waals surface area contributed by atoms with Crippen molar-refractivity contribution in [2.45, 2.75) is 0 Å². The van der Waals surface area contributed by atoms with E-state index in [1.807, 2.05) is 0 Å². The van der Waals surface area contributed by atoms with E-state index in [-0.39, 0.29) is 0 Å². The fourth-order valence-electron chi connectivity index (χ4n) is 0.0589. The van der Waals surface area contributed by atoms with Crippen molar-refractivity contribution < 1.29 is 9.45 Å². The van der Waals surface area contributed by atoms with Gasteiger partial charge in [-0.15, -0.1) is 0 Å². The Labute approximate surface area is 36.1 Å². The van der Waals surface area contributed by atoms with Gasteiger partial charge in [-0.25, -0.2) is 10.6 Å². The summed E-state index contributed by atoms with van der Waals surface area (Å²) in [5.74, 6) is 4.56. The van der Waals surface area contributed by atoms with Crippen LogP contribution in [-0.2, 0) is 4.65 Å². The highest BCUT2D eigenvalue weighted by atomic mass is 16.5. The Morgan fingerprint density at radius 1 is 2.00 bits per heavy atom. The minimum atomic E-state index is -0.630. The largest absolute Gasteiger partial charge is 0.527 e. The average molecular weight is 87.9 g/mol. The van der Waals surface area contributed by atoms with Crippen molar-refractivity contribution in [2.75, 3.05) is 0 Å². The molecule has 0 saturated heterocycles. The summed E-state index contributed by atoms with van der Waals surface area (Å²) in [4.78, 5) is 9.72. The summed E-state index contributed by atoms with van der Waals surface area (Å²) in [5.41, 5.74) is 1.75. The Bertz CT molecular complexity index is 49.5. The third-order valence-corrected chi connectivity index (χ3v) is 0.303. The lowest BCUT2D eigenvalue weighted by Crippen LogP contribution is -2.29. The summed E-state index contributed by atoms with van der Waals surface area (Å²) in [5, 5.41) is 0. The quantitative estimate of drug-likeness (QED) is 0.158. The lowest BCUT2D eigenvalue weighted by molar-refractivity contribution is 0.205. The first-order valence-corrected chi connectivity index (χ1v) is 1.36. The number of carbonyl (C=O) groups is 1. The Morgan fingerprint density at radius 2 is 2.50 bits per heavy atom. The van der Waals surface area contributed by atoms with Crippen LogP contribution in [-0.4, -0.2) is 14.1 Å². The van der Waals surface area contributed by atoms with E-state index in [0.717, 1.165) is 0 Å². The van der Waals surface area contributed by atoms with Gasteiger partial charge in [-0.1, -0.05) is 0 Å². The molecule has 0 saturated carbocycles. The van der Waals surface area contributed by atoms with Crippen LogP contribution < -0.4 is 11.3 Å². The molecule has 4 nitrogen and oxygen atoms in total. The molecule has 0 fully saturated rings. The summed E-state index contributed by atoms with van der Waals surface area (Å²) in [6.07, 6.45) is -0.630. The number of carbonyl (C=O) groups excluding carboxylic acids is 1. The first kappa shape index (κ1) is 5.29. The van der Waals surface area contributed by atoms with Crippen LogP contribution >= 0.6 is 0 Å². The van der Waals surface area contributed by atoms with Crippen LogP contribution in [0.2, 0.25) is 0 Å². The monoisotopic (exact) mass is 88.0 g/mol. The molecule has 34 valence electrons. The lowest BCUT2D eigenvalue weighted by atomic mass is 10.6. The minimum Gasteiger partial charge on any atom is -0.527 e. The van der Waals surface area contributed by atoms with E-state index in [1.165, 1.54) is 8.05 Å². The summed E-state index contributed by atoms with van der Waals surface area (Å²) < 4.78 is 4.02. The van der Waals surface area contributed by atoms with E-state index in [0.29, 0.717) is 0 Å². The van der Waals surface area contributed by atoms with E-state index in [4.69, 9.17) is 0 Å². The van der Waals surface area contributed by atoms with Crippen molar-refractivity contribution >= 4 is 14.1 Å². The summed E-state index contributed by atoms with van der Waals surface area (Å²) >= 11 is 0. The van der Waals surface area contributed by atoms with Crippen molar-refractivity contribution in [3.05, 3.63) is 0 Å². The molecular formula is CH5BN2O2. The van der Waals surface area contributed by atoms with Gasteiger partial charge in [-0.3, -0.25) is 5.43 Å². The molecule has 0 atom stereocenters. The van der Waals surface area contributed by atoms with Gasteiger partial charge in [-0.05, 0) is 0 Å². The van der Waals surface area contributed by atoms with Gasteiger partial charge in [0.1, 0.15) is 0 Å². The molecule has 0 heterocycles. The highest BCUT2D eigenvalue weighted by Gasteiger charge is 1.85. The van der Waals surface area contributed by atoms with Crippen LogP contribution in [0.3, 0.4) is 0 Å². The smallest absolute Gasteiger partial charge is 0.403 e. The molecular weight excluding hydrogens is 82.8 g/mol. The number of hydrogen-bond donors (Lipinski definition) is 2. The van der Waals surface area contributed by atoms with E-state index >= 15 is 0 Å². The second-order valence-electron chi connectivity index (χ2n) is 0.636. The average Bonchev–Trinajstić information content (AvgIpc) is 1.65. The maximum absolute atomic E-state index is 9.72. The SMILES string of the molecule is BOC(=O)NN. The van der Waals surface area contributed by atoms with E-state index in [9.17, 15) is 4.79 Å². The zero-order valence-corrected chi connectivity index (χ0v) is 3.39. The highest BCUT2D eigenvalue weighted by Crippen LogP contribution is 1.58. The normalized spacial score (nSPS) is 6.83. The van der Waals surface area contributed by atoms with Gasteiger partial charge in [0.2, 0.25) is 0 Å². The topological polar surface area (TPSA) is 64.3 Å². The molecule has 5 heteroatoms. The first-order valence-electron chi connectivity index (χ1n) is 1.36. The molecule has 1 amide bonds. The molecule has 0 aromatic rings. The molecule has 0 aliphatic heterocycles. The van der Waals surface area contributed by atoms with Gasteiger partial charge in [0.25, 0.3) is 0 Å². The van der Waals surface area contributed by atoms with Gasteiger partial charge in [0.05, 0.1) is 0 Å². The van der Waals surface area contributed by atoms with Crippen molar-refractivity contribution in [2.24, 2.45) is 5.84 Å². The molecule has 0 rings (SSSR count). The van der Waals surface area contributed by atoms with Gasteiger partial charge >= 0.3 is 14.1 Å². The van der Waals surface area contributed by atoms with E-state index in [1.54, 1.807) is 5.43 Å². The van der Waals surface area contributed by atoms with Crippen LogP contribution in [0.25, 0.3) is 0 Å². The second kappa shape index (κ2) is 2.53. The van der Waals surface area contributed by atoms with Gasteiger partial charge in [0, 0.05) is 0 Å². The van der Waals surface area contributed by atoms with Crippen LogP contribution in [0.15, 0.2) is 0 Å². The molecule has 0 spiro atoms. The fourth-order valence-corrected chi connectivity index (χ4v) is 0.0589. The van der Waals surface area contributed by atoms with Gasteiger partial charge < -0.3 is 4.65 Å². The van der Waals surface area contributed by atoms with Crippen molar-refractivity contribution in [1.82, 2.24) is 5.43 Å². The Kier molecular flexibility index (Phi) is 2.23. The minimum absolute atomic E-state index is 0.630. The number of hydrazine groups is 1. The van der Waals surface area contributed by atoms with Gasteiger partial charge in [-0.2, -0.15) is 0 Å². The molecule has 0 bridgehead atoms. The summed E-state index contributed by atoms with van der Waals surface area (Å²) in [6, 6.07) is 0. The van der Waals surface area contributed by atoms with Crippen molar-refractivity contribution in [1.29, 1.82) is 0 Å². The summed E-state index contributed by atoms with van der Waals surface area (Å²) in [6.45, 7) is 0. The maximum Gasteiger partial charge on any atom is 0.403 e.